The summed E-state index contributed by atoms with van der Waals surface area (Å²) in [4.78, 5) is 26.5. The third kappa shape index (κ3) is 7.66. The lowest BCUT2D eigenvalue weighted by Gasteiger charge is -2.44. The summed E-state index contributed by atoms with van der Waals surface area (Å²) in [6.45, 7) is 14.6. The van der Waals surface area contributed by atoms with Crippen molar-refractivity contribution in [1.29, 1.82) is 0 Å². The van der Waals surface area contributed by atoms with Gasteiger partial charge in [0.2, 0.25) is 5.78 Å². The summed E-state index contributed by atoms with van der Waals surface area (Å²) in [7, 11) is -2.95. The Morgan fingerprint density at radius 3 is 1.77 bits per heavy atom. The van der Waals surface area contributed by atoms with Crippen molar-refractivity contribution >= 4 is 30.4 Å². The Bertz CT molecular complexity index is 1180. The molecule has 0 radical (unpaired) electrons. The van der Waals surface area contributed by atoms with Gasteiger partial charge in [-0.05, 0) is 34.8 Å². The monoisotopic (exact) mass is 558 g/mol. The van der Waals surface area contributed by atoms with E-state index in [1.54, 1.807) is 19.9 Å². The van der Waals surface area contributed by atoms with Gasteiger partial charge in [0.25, 0.3) is 8.32 Å². The molecular weight excluding hydrogens is 516 g/mol. The molecule has 0 aliphatic rings. The number of carbonyl (C=O) groups is 2. The van der Waals surface area contributed by atoms with E-state index in [2.05, 4.69) is 51.6 Å². The molecule has 3 aromatic carbocycles. The molecule has 40 heavy (non-hydrogen) atoms. The van der Waals surface area contributed by atoms with Crippen LogP contribution in [0.25, 0.3) is 0 Å². The summed E-state index contributed by atoms with van der Waals surface area (Å²) in [5.41, 5.74) is 1.02. The van der Waals surface area contributed by atoms with Crippen LogP contribution in [0.1, 0.15) is 40.2 Å². The third-order valence-electron chi connectivity index (χ3n) is 7.02. The van der Waals surface area contributed by atoms with Crippen LogP contribution in [-0.2, 0) is 30.1 Å². The molecule has 0 N–H and O–H groups in total. The van der Waals surface area contributed by atoms with Crippen LogP contribution in [0.15, 0.2) is 104 Å². The molecule has 0 aliphatic carbocycles. The maximum Gasteiger partial charge on any atom is 0.375 e. The van der Waals surface area contributed by atoms with Crippen molar-refractivity contribution in [2.75, 3.05) is 13.2 Å². The minimum atomic E-state index is -2.95. The zero-order valence-electron chi connectivity index (χ0n) is 24.3. The van der Waals surface area contributed by atoms with Crippen molar-refractivity contribution in [3.8, 4) is 0 Å². The van der Waals surface area contributed by atoms with Crippen molar-refractivity contribution < 1.29 is 23.5 Å². The van der Waals surface area contributed by atoms with Crippen LogP contribution < -0.4 is 10.4 Å². The number of benzene rings is 3. The minimum absolute atomic E-state index is 0.0324. The lowest BCUT2D eigenvalue weighted by atomic mass is 9.89. The molecule has 212 valence electrons. The van der Waals surface area contributed by atoms with E-state index in [4.69, 9.17) is 13.9 Å². The second kappa shape index (κ2) is 14.4. The summed E-state index contributed by atoms with van der Waals surface area (Å²) in [6, 6.07) is 30.3. The third-order valence-corrected chi connectivity index (χ3v) is 12.0. The Morgan fingerprint density at radius 2 is 1.32 bits per heavy atom. The van der Waals surface area contributed by atoms with Crippen molar-refractivity contribution in [2.45, 2.75) is 52.4 Å². The fraction of sp³-hybridized carbons (Fsp3) is 0.353. The molecule has 2 atom stereocenters. The van der Waals surface area contributed by atoms with Gasteiger partial charge in [-0.15, -0.1) is 6.58 Å². The van der Waals surface area contributed by atoms with E-state index in [1.165, 1.54) is 0 Å². The van der Waals surface area contributed by atoms with E-state index >= 15 is 0 Å². The Balaban J connectivity index is 1.98. The summed E-state index contributed by atoms with van der Waals surface area (Å²) >= 11 is 0. The predicted molar refractivity (Wildman–Crippen MR) is 163 cm³/mol. The molecule has 3 aromatic rings. The number of ketones is 1. The van der Waals surface area contributed by atoms with Crippen LogP contribution in [0.3, 0.4) is 0 Å². The normalized spacial score (nSPS) is 13.4. The molecular formula is C34H42O5Si. The largest absolute Gasteiger partial charge is 0.457 e. The molecule has 3 rings (SSSR count). The second-order valence-electron chi connectivity index (χ2n) is 11.3. The molecule has 0 bridgehead atoms. The van der Waals surface area contributed by atoms with Crippen LogP contribution in [-0.4, -0.2) is 39.4 Å². The fourth-order valence-electron chi connectivity index (χ4n) is 5.03. The number of hydrogen-bond acceptors (Lipinski definition) is 5. The molecule has 0 spiro atoms. The average molecular weight is 559 g/mol. The Hall–Kier alpha value is -3.32. The van der Waals surface area contributed by atoms with Gasteiger partial charge in [-0.25, -0.2) is 4.79 Å². The molecule has 0 saturated heterocycles. The highest BCUT2D eigenvalue weighted by atomic mass is 28.4. The van der Waals surface area contributed by atoms with Crippen molar-refractivity contribution in [3.63, 3.8) is 0 Å². The zero-order valence-corrected chi connectivity index (χ0v) is 25.3. The van der Waals surface area contributed by atoms with Gasteiger partial charge in [0.1, 0.15) is 0 Å². The van der Waals surface area contributed by atoms with Gasteiger partial charge < -0.3 is 13.9 Å². The maximum atomic E-state index is 13.6. The fourth-order valence-corrected chi connectivity index (χ4v) is 9.61. The first-order valence-corrected chi connectivity index (χ1v) is 15.7. The first-order valence-electron chi connectivity index (χ1n) is 13.8. The van der Waals surface area contributed by atoms with Crippen molar-refractivity contribution in [2.24, 2.45) is 11.8 Å². The highest BCUT2D eigenvalue weighted by Gasteiger charge is 2.51. The van der Waals surface area contributed by atoms with Gasteiger partial charge >= 0.3 is 5.97 Å². The number of hydrogen-bond donors (Lipinski definition) is 0. The van der Waals surface area contributed by atoms with Crippen molar-refractivity contribution in [3.05, 3.63) is 109 Å². The second-order valence-corrected chi connectivity index (χ2v) is 15.6. The first kappa shape index (κ1) is 31.2. The molecule has 0 unspecified atom stereocenters. The highest BCUT2D eigenvalue weighted by Crippen LogP contribution is 2.37. The first-order chi connectivity index (χ1) is 19.1. The van der Waals surface area contributed by atoms with Gasteiger partial charge in [-0.2, -0.15) is 0 Å². The van der Waals surface area contributed by atoms with E-state index in [-0.39, 0.29) is 18.3 Å². The van der Waals surface area contributed by atoms with Crippen LogP contribution in [0.5, 0.6) is 0 Å². The molecule has 0 aliphatic heterocycles. The molecule has 5 nitrogen and oxygen atoms in total. The van der Waals surface area contributed by atoms with Crippen LogP contribution in [0.2, 0.25) is 5.04 Å². The van der Waals surface area contributed by atoms with E-state index in [1.807, 2.05) is 66.7 Å². The summed E-state index contributed by atoms with van der Waals surface area (Å²) in [6.07, 6.45) is 1.27. The van der Waals surface area contributed by atoms with Gasteiger partial charge in [0, 0.05) is 12.5 Å². The van der Waals surface area contributed by atoms with Crippen molar-refractivity contribution in [1.82, 2.24) is 0 Å². The molecule has 0 heterocycles. The Kier molecular flexibility index (Phi) is 11.2. The Labute approximate surface area is 240 Å². The van der Waals surface area contributed by atoms with Gasteiger partial charge in [-0.1, -0.05) is 118 Å². The predicted octanol–water partition coefficient (Wildman–Crippen LogP) is 5.72. The number of carbonyl (C=O) groups excluding carboxylic acids is 2. The number of esters is 1. The van der Waals surface area contributed by atoms with Crippen LogP contribution in [0.4, 0.5) is 0 Å². The zero-order chi connectivity index (χ0) is 29.2. The Morgan fingerprint density at radius 1 is 0.825 bits per heavy atom. The number of rotatable bonds is 14. The summed E-state index contributed by atoms with van der Waals surface area (Å²) < 4.78 is 18.4. The molecule has 0 fully saturated rings. The number of Topliss-reactive ketones (excluding diaryl/α,β-unsaturated/α-hetero) is 1. The lowest BCUT2D eigenvalue weighted by Crippen LogP contribution is -2.67. The average Bonchev–Trinajstić information content (AvgIpc) is 2.94. The maximum absolute atomic E-state index is 13.6. The SMILES string of the molecule is C=C[C@@H](COCc1ccccc1)[C@@H](CO[Si](c1ccccc1)(c1ccccc1)C(C)(C)C)C(=O)C(=O)OC(C)C. The lowest BCUT2D eigenvalue weighted by molar-refractivity contribution is -0.159. The van der Waals surface area contributed by atoms with E-state index < -0.39 is 38.0 Å². The van der Waals surface area contributed by atoms with Crippen LogP contribution in [0, 0.1) is 11.8 Å². The summed E-state index contributed by atoms with van der Waals surface area (Å²) in [5, 5.41) is 1.91. The van der Waals surface area contributed by atoms with E-state index in [9.17, 15) is 9.59 Å². The minimum Gasteiger partial charge on any atom is -0.457 e. The van der Waals surface area contributed by atoms with Gasteiger partial charge in [-0.3, -0.25) is 4.79 Å². The number of ether oxygens (including phenoxy) is 2. The van der Waals surface area contributed by atoms with E-state index in [0.717, 1.165) is 15.9 Å². The molecule has 0 saturated carbocycles. The quantitative estimate of drug-likeness (QED) is 0.110. The molecule has 6 heteroatoms. The molecule has 0 aromatic heterocycles. The van der Waals surface area contributed by atoms with Gasteiger partial charge in [0.05, 0.1) is 25.2 Å². The van der Waals surface area contributed by atoms with Gasteiger partial charge in [0.15, 0.2) is 0 Å². The summed E-state index contributed by atoms with van der Waals surface area (Å²) in [5.74, 6) is -2.75. The topological polar surface area (TPSA) is 61.8 Å². The van der Waals surface area contributed by atoms with E-state index in [0.29, 0.717) is 6.61 Å². The smallest absolute Gasteiger partial charge is 0.375 e. The highest BCUT2D eigenvalue weighted by molar-refractivity contribution is 6.99. The van der Waals surface area contributed by atoms with Crippen LogP contribution >= 0.6 is 0 Å². The standard InChI is InChI=1S/C34H42O5Si/c1-7-28(24-37-23-27-17-11-8-12-18-27)31(32(35)33(36)39-26(2)3)25-38-40(34(4,5)6,29-19-13-9-14-20-29)30-21-15-10-16-22-30/h7-22,26,28,31H,1,23-25H2,2-6H3/t28-,31+/m0/s1. The molecule has 0 amide bonds.